The number of rotatable bonds is 0. The molecule has 6 aliphatic rings. The zero-order valence-corrected chi connectivity index (χ0v) is 18.1. The number of hydrogen-bond acceptors (Lipinski definition) is 5. The van der Waals surface area contributed by atoms with Gasteiger partial charge in [-0.3, -0.25) is 4.90 Å². The standard InChI is InChI=1S/C23H38F2N2O3/c24-18-6-7-19-21(22(18)25)16-2-4-17(5-3-16)30-14-20-23(15-28-12-9-26-23)8-1-10-27(20)11-13-29-19/h16-22,26H,1-15H2/t16?,17?,18?,19?,20-,21?,22?,23+/m0/s1. The van der Waals surface area contributed by atoms with Crippen LogP contribution in [0.15, 0.2) is 0 Å². The van der Waals surface area contributed by atoms with E-state index in [1.807, 2.05) is 0 Å². The summed E-state index contributed by atoms with van der Waals surface area (Å²) in [5.41, 5.74) is -0.0489. The van der Waals surface area contributed by atoms with E-state index in [0.717, 1.165) is 71.4 Å². The number of alkyl halides is 2. The fourth-order valence-corrected chi connectivity index (χ4v) is 6.92. The highest BCUT2D eigenvalue weighted by atomic mass is 19.2. The zero-order valence-electron chi connectivity index (χ0n) is 18.1. The molecule has 6 rings (SSSR count). The molecule has 30 heavy (non-hydrogen) atoms. The van der Waals surface area contributed by atoms with Crippen LogP contribution in [0.4, 0.5) is 8.78 Å². The molecule has 0 radical (unpaired) electrons. The lowest BCUT2D eigenvalue weighted by molar-refractivity contribution is -0.102. The van der Waals surface area contributed by atoms with Crippen molar-refractivity contribution in [3.63, 3.8) is 0 Å². The molecule has 2 bridgehead atoms. The predicted octanol–water partition coefficient (Wildman–Crippen LogP) is 2.87. The quantitative estimate of drug-likeness (QED) is 0.643. The molecule has 2 aliphatic carbocycles. The predicted molar refractivity (Wildman–Crippen MR) is 110 cm³/mol. The molecule has 4 heterocycles. The van der Waals surface area contributed by atoms with Crippen LogP contribution in [-0.2, 0) is 14.2 Å². The van der Waals surface area contributed by atoms with E-state index in [2.05, 4.69) is 10.2 Å². The average molecular weight is 429 g/mol. The van der Waals surface area contributed by atoms with Crippen LogP contribution in [0.1, 0.15) is 51.4 Å². The van der Waals surface area contributed by atoms with E-state index in [1.165, 1.54) is 0 Å². The molecule has 4 aliphatic heterocycles. The van der Waals surface area contributed by atoms with Crippen molar-refractivity contribution in [3.8, 4) is 0 Å². The van der Waals surface area contributed by atoms with Crippen molar-refractivity contribution in [2.45, 2.75) is 87.5 Å². The summed E-state index contributed by atoms with van der Waals surface area (Å²) >= 11 is 0. The van der Waals surface area contributed by atoms with Gasteiger partial charge in [-0.2, -0.15) is 0 Å². The smallest absolute Gasteiger partial charge is 0.137 e. The van der Waals surface area contributed by atoms with Crippen LogP contribution in [0.3, 0.4) is 0 Å². The van der Waals surface area contributed by atoms with Crippen LogP contribution >= 0.6 is 0 Å². The number of nitrogens with zero attached hydrogens (tertiary/aromatic N) is 1. The SMILES string of the molecule is FC1CCC2OCCN3CCC[C@@]4(COCCN4)[C@@H]3COC3CCC(CC3)C2C1F. The van der Waals surface area contributed by atoms with Crippen molar-refractivity contribution in [2.24, 2.45) is 11.8 Å². The van der Waals surface area contributed by atoms with Gasteiger partial charge in [0.1, 0.15) is 12.3 Å². The number of nitrogens with one attached hydrogen (secondary N) is 1. The van der Waals surface area contributed by atoms with Gasteiger partial charge in [0.15, 0.2) is 0 Å². The Hall–Kier alpha value is -0.340. The van der Waals surface area contributed by atoms with E-state index < -0.39 is 12.3 Å². The Labute approximate surface area is 179 Å². The fraction of sp³-hybridized carbons (Fsp3) is 1.00. The molecule has 6 fully saturated rings. The molecule has 6 atom stereocenters. The number of fused-ring (bicyclic) bond motifs is 5. The molecular formula is C23H38F2N2O3. The maximum atomic E-state index is 15.0. The Bertz CT molecular complexity index is 563. The van der Waals surface area contributed by atoms with Gasteiger partial charge >= 0.3 is 0 Å². The minimum absolute atomic E-state index is 0.0489. The van der Waals surface area contributed by atoms with E-state index in [4.69, 9.17) is 14.2 Å². The Morgan fingerprint density at radius 3 is 2.60 bits per heavy atom. The van der Waals surface area contributed by atoms with Gasteiger partial charge < -0.3 is 19.5 Å². The molecule has 0 amide bonds. The van der Waals surface area contributed by atoms with Gasteiger partial charge in [-0.05, 0) is 63.8 Å². The highest BCUT2D eigenvalue weighted by molar-refractivity contribution is 5.05. The monoisotopic (exact) mass is 428 g/mol. The Morgan fingerprint density at radius 1 is 0.933 bits per heavy atom. The van der Waals surface area contributed by atoms with Crippen LogP contribution in [0.2, 0.25) is 0 Å². The topological polar surface area (TPSA) is 43.0 Å². The van der Waals surface area contributed by atoms with E-state index in [0.29, 0.717) is 19.6 Å². The minimum Gasteiger partial charge on any atom is -0.378 e. The van der Waals surface area contributed by atoms with Gasteiger partial charge in [0, 0.05) is 19.0 Å². The van der Waals surface area contributed by atoms with Crippen LogP contribution in [0.5, 0.6) is 0 Å². The molecule has 7 heteroatoms. The second kappa shape index (κ2) is 9.26. The molecule has 4 unspecified atom stereocenters. The van der Waals surface area contributed by atoms with Gasteiger partial charge in [0.05, 0.1) is 50.2 Å². The molecule has 5 nitrogen and oxygen atoms in total. The summed E-state index contributed by atoms with van der Waals surface area (Å²) in [6.07, 6.45) is 4.27. The van der Waals surface area contributed by atoms with Gasteiger partial charge in [-0.25, -0.2) is 8.78 Å². The zero-order chi connectivity index (χ0) is 20.6. The maximum Gasteiger partial charge on any atom is 0.137 e. The first-order valence-electron chi connectivity index (χ1n) is 12.2. The first kappa shape index (κ1) is 21.5. The molecule has 0 aromatic carbocycles. The van der Waals surface area contributed by atoms with Gasteiger partial charge in [0.25, 0.3) is 0 Å². The fourth-order valence-electron chi connectivity index (χ4n) is 6.92. The summed E-state index contributed by atoms with van der Waals surface area (Å²) in [6.45, 7) is 5.51. The third-order valence-corrected chi connectivity index (χ3v) is 8.56. The van der Waals surface area contributed by atoms with Crippen LogP contribution in [0, 0.1) is 11.8 Å². The van der Waals surface area contributed by atoms with Crippen LogP contribution < -0.4 is 5.32 Å². The lowest BCUT2D eigenvalue weighted by Gasteiger charge is -2.52. The Kier molecular flexibility index (Phi) is 6.64. The largest absolute Gasteiger partial charge is 0.378 e. The minimum atomic E-state index is -1.38. The second-order valence-corrected chi connectivity index (χ2v) is 10.2. The summed E-state index contributed by atoms with van der Waals surface area (Å²) in [7, 11) is 0. The molecule has 2 saturated carbocycles. The molecule has 0 aromatic rings. The lowest BCUT2D eigenvalue weighted by Crippen LogP contribution is -2.70. The van der Waals surface area contributed by atoms with Crippen molar-refractivity contribution >= 4 is 0 Å². The Balaban J connectivity index is 1.36. The van der Waals surface area contributed by atoms with Crippen molar-refractivity contribution < 1.29 is 23.0 Å². The molecule has 0 aromatic heterocycles. The van der Waals surface area contributed by atoms with Gasteiger partial charge in [0.2, 0.25) is 0 Å². The van der Waals surface area contributed by atoms with E-state index >= 15 is 0 Å². The Morgan fingerprint density at radius 2 is 1.80 bits per heavy atom. The number of hydrogen-bond donors (Lipinski definition) is 1. The maximum absolute atomic E-state index is 15.0. The van der Waals surface area contributed by atoms with E-state index in [9.17, 15) is 8.78 Å². The summed E-state index contributed by atoms with van der Waals surface area (Å²) in [6, 6.07) is 0.264. The summed E-state index contributed by atoms with van der Waals surface area (Å²) < 4.78 is 47.9. The third-order valence-electron chi connectivity index (χ3n) is 8.56. The van der Waals surface area contributed by atoms with Crippen LogP contribution in [0.25, 0.3) is 0 Å². The van der Waals surface area contributed by atoms with Gasteiger partial charge in [-0.1, -0.05) is 0 Å². The number of morpholine rings is 1. The number of piperidine rings is 1. The molecule has 4 saturated heterocycles. The summed E-state index contributed by atoms with van der Waals surface area (Å²) in [5.74, 6) is -0.0844. The summed E-state index contributed by atoms with van der Waals surface area (Å²) in [4.78, 5) is 2.50. The third kappa shape index (κ3) is 4.17. The van der Waals surface area contributed by atoms with Crippen molar-refractivity contribution in [1.29, 1.82) is 0 Å². The molecular weight excluding hydrogens is 390 g/mol. The lowest BCUT2D eigenvalue weighted by atomic mass is 9.70. The molecule has 1 N–H and O–H groups in total. The highest BCUT2D eigenvalue weighted by Crippen LogP contribution is 2.43. The first-order valence-corrected chi connectivity index (χ1v) is 12.2. The number of ether oxygens (including phenoxy) is 3. The van der Waals surface area contributed by atoms with Crippen molar-refractivity contribution in [2.75, 3.05) is 46.1 Å². The second-order valence-electron chi connectivity index (χ2n) is 10.2. The van der Waals surface area contributed by atoms with Gasteiger partial charge in [-0.15, -0.1) is 0 Å². The highest BCUT2D eigenvalue weighted by Gasteiger charge is 2.48. The van der Waals surface area contributed by atoms with Crippen molar-refractivity contribution in [3.05, 3.63) is 0 Å². The molecule has 172 valence electrons. The normalized spacial score (nSPS) is 48.8. The first-order chi connectivity index (χ1) is 14.7. The molecule has 1 spiro atoms. The average Bonchev–Trinajstić information content (AvgIpc) is 2.79. The van der Waals surface area contributed by atoms with Crippen molar-refractivity contribution in [1.82, 2.24) is 10.2 Å². The summed E-state index contributed by atoms with van der Waals surface area (Å²) in [5, 5.41) is 3.78. The van der Waals surface area contributed by atoms with Crippen LogP contribution in [-0.4, -0.2) is 87.1 Å². The van der Waals surface area contributed by atoms with E-state index in [1.54, 1.807) is 0 Å². The van der Waals surface area contributed by atoms with E-state index in [-0.39, 0.29) is 42.0 Å². The number of halogens is 2.